The number of aromatic amines is 1. The van der Waals surface area contributed by atoms with E-state index < -0.39 is 0 Å². The Morgan fingerprint density at radius 3 is 2.74 bits per heavy atom. The van der Waals surface area contributed by atoms with Gasteiger partial charge in [0.05, 0.1) is 21.9 Å². The van der Waals surface area contributed by atoms with Gasteiger partial charge in [0, 0.05) is 16.6 Å². The number of aromatic nitrogens is 3. The van der Waals surface area contributed by atoms with Gasteiger partial charge in [-0.05, 0) is 49.7 Å². The first-order valence-corrected chi connectivity index (χ1v) is 7.76. The van der Waals surface area contributed by atoms with Crippen LogP contribution in [0, 0.1) is 13.8 Å². The van der Waals surface area contributed by atoms with E-state index in [4.69, 9.17) is 11.6 Å². The van der Waals surface area contributed by atoms with Gasteiger partial charge in [0.15, 0.2) is 0 Å². The van der Waals surface area contributed by atoms with Gasteiger partial charge >= 0.3 is 0 Å². The van der Waals surface area contributed by atoms with Crippen LogP contribution in [0.5, 0.6) is 0 Å². The predicted octanol–water partition coefficient (Wildman–Crippen LogP) is 5.12. The number of hydrogen-bond acceptors (Lipinski definition) is 3. The molecule has 2 aromatic carbocycles. The summed E-state index contributed by atoms with van der Waals surface area (Å²) >= 11 is 6.34. The first kappa shape index (κ1) is 14.0. The molecule has 0 radical (unpaired) electrons. The Kier molecular flexibility index (Phi) is 3.20. The predicted molar refractivity (Wildman–Crippen MR) is 95.6 cm³/mol. The number of nitrogens with one attached hydrogen (secondary N) is 2. The van der Waals surface area contributed by atoms with Gasteiger partial charge < -0.3 is 10.3 Å². The van der Waals surface area contributed by atoms with E-state index in [1.807, 2.05) is 44.2 Å². The number of anilines is 2. The van der Waals surface area contributed by atoms with Crippen molar-refractivity contribution in [1.82, 2.24) is 15.0 Å². The van der Waals surface area contributed by atoms with Crippen LogP contribution in [-0.2, 0) is 0 Å². The van der Waals surface area contributed by atoms with Crippen molar-refractivity contribution in [1.29, 1.82) is 0 Å². The zero-order valence-electron chi connectivity index (χ0n) is 12.8. The smallest absolute Gasteiger partial charge is 0.116 e. The first-order chi connectivity index (χ1) is 11.1. The Morgan fingerprint density at radius 1 is 1.00 bits per heavy atom. The maximum Gasteiger partial charge on any atom is 0.116 e. The molecule has 0 saturated heterocycles. The third-order valence-corrected chi connectivity index (χ3v) is 4.22. The van der Waals surface area contributed by atoms with Gasteiger partial charge in [-0.25, -0.2) is 9.97 Å². The number of aryl methyl sites for hydroxylation is 2. The van der Waals surface area contributed by atoms with Gasteiger partial charge in [-0.1, -0.05) is 17.7 Å². The first-order valence-electron chi connectivity index (χ1n) is 7.38. The monoisotopic (exact) mass is 322 g/mol. The van der Waals surface area contributed by atoms with E-state index in [0.29, 0.717) is 5.02 Å². The van der Waals surface area contributed by atoms with Crippen molar-refractivity contribution >= 4 is 44.9 Å². The zero-order valence-corrected chi connectivity index (χ0v) is 13.6. The van der Waals surface area contributed by atoms with Crippen LogP contribution in [0.15, 0.2) is 42.7 Å². The van der Waals surface area contributed by atoms with E-state index >= 15 is 0 Å². The topological polar surface area (TPSA) is 53.6 Å². The normalized spacial score (nSPS) is 11.3. The number of hydrogen-bond donors (Lipinski definition) is 2. The van der Waals surface area contributed by atoms with Gasteiger partial charge in [-0.15, -0.1) is 0 Å². The Bertz CT molecular complexity index is 1040. The number of H-pyrrole nitrogens is 1. The minimum absolute atomic E-state index is 0.690. The van der Waals surface area contributed by atoms with E-state index in [2.05, 4.69) is 26.3 Å². The second-order valence-corrected chi connectivity index (χ2v) is 6.11. The largest absolute Gasteiger partial charge is 0.358 e. The van der Waals surface area contributed by atoms with Crippen molar-refractivity contribution in [3.05, 3.63) is 59.0 Å². The highest BCUT2D eigenvalue weighted by atomic mass is 35.5. The molecular formula is C18H15ClN4. The molecule has 0 saturated carbocycles. The summed E-state index contributed by atoms with van der Waals surface area (Å²) in [6.07, 6.45) is 1.59. The summed E-state index contributed by atoms with van der Waals surface area (Å²) in [5.41, 5.74) is 6.84. The summed E-state index contributed by atoms with van der Waals surface area (Å²) in [5.74, 6) is 0. The molecule has 0 amide bonds. The fraction of sp³-hybridized carbons (Fsp3) is 0.111. The summed E-state index contributed by atoms with van der Waals surface area (Å²) in [4.78, 5) is 12.1. The molecule has 4 nitrogen and oxygen atoms in total. The molecule has 2 N–H and O–H groups in total. The number of imidazole rings is 1. The lowest BCUT2D eigenvalue weighted by atomic mass is 10.1. The Balaban J connectivity index is 1.98. The van der Waals surface area contributed by atoms with Crippen LogP contribution in [-0.4, -0.2) is 15.0 Å². The Morgan fingerprint density at radius 2 is 1.87 bits per heavy atom. The van der Waals surface area contributed by atoms with Gasteiger partial charge in [-0.2, -0.15) is 0 Å². The van der Waals surface area contributed by atoms with Gasteiger partial charge in [0.1, 0.15) is 11.8 Å². The molecular weight excluding hydrogens is 308 g/mol. The summed E-state index contributed by atoms with van der Waals surface area (Å²) in [6, 6.07) is 12.0. The van der Waals surface area contributed by atoms with Crippen LogP contribution in [0.4, 0.5) is 11.4 Å². The molecule has 2 aromatic heterocycles. The molecule has 0 fully saturated rings. The molecule has 4 rings (SSSR count). The maximum atomic E-state index is 6.34. The molecule has 0 aliphatic carbocycles. The second-order valence-electron chi connectivity index (χ2n) is 5.70. The Hall–Kier alpha value is -2.59. The summed E-state index contributed by atoms with van der Waals surface area (Å²) in [5, 5.41) is 5.17. The molecule has 114 valence electrons. The molecule has 0 spiro atoms. The molecule has 0 aliphatic heterocycles. The number of benzene rings is 2. The quantitative estimate of drug-likeness (QED) is 0.538. The van der Waals surface area contributed by atoms with Crippen molar-refractivity contribution < 1.29 is 0 Å². The van der Waals surface area contributed by atoms with Crippen molar-refractivity contribution in [2.75, 3.05) is 5.32 Å². The molecule has 0 atom stereocenters. The van der Waals surface area contributed by atoms with Gasteiger partial charge in [0.25, 0.3) is 0 Å². The highest BCUT2D eigenvalue weighted by Crippen LogP contribution is 2.33. The number of rotatable bonds is 2. The number of nitrogens with zero attached hydrogens (tertiary/aromatic N) is 2. The van der Waals surface area contributed by atoms with Crippen LogP contribution in [0.2, 0.25) is 5.02 Å². The fourth-order valence-corrected chi connectivity index (χ4v) is 3.02. The minimum atomic E-state index is 0.690. The van der Waals surface area contributed by atoms with Crippen molar-refractivity contribution in [3.63, 3.8) is 0 Å². The standard InChI is InChI=1S/C18H15ClN4/c1-10-3-4-12(19)15(7-10)23-16-8-11(2)22-13-5-6-14-18(17(13)16)21-9-20-14/h3-9,22-23H,1-2H3. The summed E-state index contributed by atoms with van der Waals surface area (Å²) < 4.78 is 0. The highest BCUT2D eigenvalue weighted by molar-refractivity contribution is 6.33. The van der Waals surface area contributed by atoms with Gasteiger partial charge in [0.2, 0.25) is 0 Å². The highest BCUT2D eigenvalue weighted by Gasteiger charge is 2.11. The van der Waals surface area contributed by atoms with Crippen LogP contribution < -0.4 is 5.32 Å². The van der Waals surface area contributed by atoms with Crippen molar-refractivity contribution in [2.45, 2.75) is 13.8 Å². The molecule has 4 aromatic rings. The molecule has 5 heteroatoms. The molecule has 0 bridgehead atoms. The second kappa shape index (κ2) is 5.25. The van der Waals surface area contributed by atoms with Crippen molar-refractivity contribution in [2.24, 2.45) is 0 Å². The SMILES string of the molecule is Cc1ccc(Cl)c(Nc2cc(C)[nH]c3ccc4ncnc4c23)c1. The lowest BCUT2D eigenvalue weighted by Crippen LogP contribution is -1.96. The number of fused-ring (bicyclic) bond motifs is 3. The van der Waals surface area contributed by atoms with Crippen LogP contribution in [0.1, 0.15) is 11.3 Å². The van der Waals surface area contributed by atoms with E-state index in [1.54, 1.807) is 6.33 Å². The number of pyridine rings is 1. The third-order valence-electron chi connectivity index (χ3n) is 3.89. The Labute approximate surface area is 138 Å². The number of halogens is 1. The van der Waals surface area contributed by atoms with E-state index in [1.165, 1.54) is 0 Å². The average Bonchev–Trinajstić information content (AvgIpc) is 2.99. The summed E-state index contributed by atoms with van der Waals surface area (Å²) in [6.45, 7) is 4.08. The van der Waals surface area contributed by atoms with Crippen LogP contribution >= 0.6 is 11.6 Å². The summed E-state index contributed by atoms with van der Waals surface area (Å²) in [7, 11) is 0. The third kappa shape index (κ3) is 2.41. The van der Waals surface area contributed by atoms with Crippen molar-refractivity contribution in [3.8, 4) is 0 Å². The zero-order chi connectivity index (χ0) is 16.0. The minimum Gasteiger partial charge on any atom is -0.358 e. The maximum absolute atomic E-state index is 6.34. The van der Waals surface area contributed by atoms with E-state index in [9.17, 15) is 0 Å². The lowest BCUT2D eigenvalue weighted by Gasteiger charge is -2.14. The fourth-order valence-electron chi connectivity index (χ4n) is 2.86. The van der Waals surface area contributed by atoms with E-state index in [0.717, 1.165) is 44.6 Å². The molecule has 0 unspecified atom stereocenters. The van der Waals surface area contributed by atoms with Crippen LogP contribution in [0.25, 0.3) is 21.9 Å². The van der Waals surface area contributed by atoms with E-state index in [-0.39, 0.29) is 0 Å². The van der Waals surface area contributed by atoms with Gasteiger partial charge in [-0.3, -0.25) is 0 Å². The lowest BCUT2D eigenvalue weighted by molar-refractivity contribution is 1.25. The molecule has 2 heterocycles. The van der Waals surface area contributed by atoms with Crippen LogP contribution in [0.3, 0.4) is 0 Å². The average molecular weight is 323 g/mol. The molecule has 0 aliphatic rings. The molecule has 23 heavy (non-hydrogen) atoms.